The van der Waals surface area contributed by atoms with Crippen LogP contribution in [0.15, 0.2) is 36.4 Å². The smallest absolute Gasteiger partial charge is 0.304 e. The summed E-state index contributed by atoms with van der Waals surface area (Å²) in [7, 11) is 1.64. The van der Waals surface area contributed by atoms with Gasteiger partial charge >= 0.3 is 5.97 Å². The van der Waals surface area contributed by atoms with Crippen molar-refractivity contribution in [3.05, 3.63) is 42.0 Å². The zero-order valence-electron chi connectivity index (χ0n) is 11.4. The van der Waals surface area contributed by atoms with Gasteiger partial charge in [0.05, 0.1) is 13.5 Å². The Balaban J connectivity index is 2.65. The minimum Gasteiger partial charge on any atom is -0.496 e. The van der Waals surface area contributed by atoms with E-state index in [1.54, 1.807) is 7.11 Å². The lowest BCUT2D eigenvalue weighted by Crippen LogP contribution is -2.22. The Labute approximate surface area is 112 Å². The van der Waals surface area contributed by atoms with Crippen molar-refractivity contribution in [3.63, 3.8) is 0 Å². The molecule has 2 rings (SSSR count). The highest BCUT2D eigenvalue weighted by atomic mass is 16.5. The van der Waals surface area contributed by atoms with Gasteiger partial charge in [-0.1, -0.05) is 44.2 Å². The van der Waals surface area contributed by atoms with E-state index in [9.17, 15) is 4.79 Å². The molecule has 2 aromatic carbocycles. The summed E-state index contributed by atoms with van der Waals surface area (Å²) < 4.78 is 5.36. The number of carbonyl (C=O) groups is 1. The largest absolute Gasteiger partial charge is 0.496 e. The lowest BCUT2D eigenvalue weighted by atomic mass is 9.79. The Morgan fingerprint density at radius 2 is 1.79 bits per heavy atom. The van der Waals surface area contributed by atoms with Gasteiger partial charge < -0.3 is 9.84 Å². The minimum atomic E-state index is -0.787. The molecule has 19 heavy (non-hydrogen) atoms. The maximum absolute atomic E-state index is 11.0. The van der Waals surface area contributed by atoms with Gasteiger partial charge in [0, 0.05) is 10.8 Å². The molecule has 1 N–H and O–H groups in total. The van der Waals surface area contributed by atoms with Crippen molar-refractivity contribution in [2.75, 3.05) is 7.11 Å². The molecule has 0 saturated carbocycles. The van der Waals surface area contributed by atoms with Crippen LogP contribution in [0.25, 0.3) is 10.8 Å². The van der Waals surface area contributed by atoms with Gasteiger partial charge in [-0.25, -0.2) is 0 Å². The summed E-state index contributed by atoms with van der Waals surface area (Å²) in [5, 5.41) is 11.1. The molecule has 100 valence electrons. The van der Waals surface area contributed by atoms with Crippen molar-refractivity contribution in [2.45, 2.75) is 25.7 Å². The summed E-state index contributed by atoms with van der Waals surface area (Å²) in [4.78, 5) is 11.0. The van der Waals surface area contributed by atoms with Crippen molar-refractivity contribution in [1.29, 1.82) is 0 Å². The van der Waals surface area contributed by atoms with E-state index in [2.05, 4.69) is 0 Å². The maximum Gasteiger partial charge on any atom is 0.304 e. The molecule has 0 radical (unpaired) electrons. The summed E-state index contributed by atoms with van der Waals surface area (Å²) in [5.41, 5.74) is 0.615. The number of hydrogen-bond donors (Lipinski definition) is 1. The van der Waals surface area contributed by atoms with Crippen molar-refractivity contribution in [2.24, 2.45) is 0 Å². The number of ether oxygens (including phenoxy) is 1. The Hall–Kier alpha value is -2.03. The lowest BCUT2D eigenvalue weighted by molar-refractivity contribution is -0.138. The SMILES string of the molecule is COc1ccc(C(C)(C)CC(=O)O)c2ccccc12. The average molecular weight is 258 g/mol. The summed E-state index contributed by atoms with van der Waals surface area (Å²) in [6, 6.07) is 11.8. The molecule has 0 heterocycles. The molecular weight excluding hydrogens is 240 g/mol. The van der Waals surface area contributed by atoms with Gasteiger partial charge in [0.2, 0.25) is 0 Å². The van der Waals surface area contributed by atoms with E-state index in [1.807, 2.05) is 50.2 Å². The van der Waals surface area contributed by atoms with Crippen molar-refractivity contribution < 1.29 is 14.6 Å². The Bertz CT molecular complexity index is 614. The first-order valence-corrected chi connectivity index (χ1v) is 6.24. The predicted molar refractivity (Wildman–Crippen MR) is 75.8 cm³/mol. The van der Waals surface area contributed by atoms with Crippen LogP contribution in [0, 0.1) is 0 Å². The molecule has 0 fully saturated rings. The van der Waals surface area contributed by atoms with Crippen LogP contribution < -0.4 is 4.74 Å². The highest BCUT2D eigenvalue weighted by molar-refractivity contribution is 5.92. The van der Waals surface area contributed by atoms with Gasteiger partial charge in [-0.05, 0) is 17.0 Å². The normalized spacial score (nSPS) is 11.5. The van der Waals surface area contributed by atoms with E-state index < -0.39 is 11.4 Å². The average Bonchev–Trinajstić information content (AvgIpc) is 2.35. The third-order valence-electron chi connectivity index (χ3n) is 3.43. The first-order valence-electron chi connectivity index (χ1n) is 6.24. The van der Waals surface area contributed by atoms with E-state index in [4.69, 9.17) is 9.84 Å². The maximum atomic E-state index is 11.0. The molecule has 0 aliphatic carbocycles. The van der Waals surface area contributed by atoms with Gasteiger partial charge in [-0.3, -0.25) is 4.79 Å². The number of carboxylic acid groups (broad SMARTS) is 1. The van der Waals surface area contributed by atoms with Crippen molar-refractivity contribution in [3.8, 4) is 5.75 Å². The highest BCUT2D eigenvalue weighted by Crippen LogP contribution is 2.36. The predicted octanol–water partition coefficient (Wildman–Crippen LogP) is 3.60. The number of carboxylic acids is 1. The van der Waals surface area contributed by atoms with E-state index in [0.717, 1.165) is 22.1 Å². The van der Waals surface area contributed by atoms with E-state index in [0.29, 0.717) is 0 Å². The zero-order chi connectivity index (χ0) is 14.0. The molecule has 0 aliphatic heterocycles. The van der Waals surface area contributed by atoms with Crippen molar-refractivity contribution >= 4 is 16.7 Å². The number of hydrogen-bond acceptors (Lipinski definition) is 2. The van der Waals surface area contributed by atoms with E-state index in [-0.39, 0.29) is 6.42 Å². The van der Waals surface area contributed by atoms with Crippen LogP contribution in [-0.4, -0.2) is 18.2 Å². The number of methoxy groups -OCH3 is 1. The number of fused-ring (bicyclic) bond motifs is 1. The molecule has 3 heteroatoms. The molecule has 2 aromatic rings. The van der Waals surface area contributed by atoms with Crippen LogP contribution in [-0.2, 0) is 10.2 Å². The molecule has 3 nitrogen and oxygen atoms in total. The molecular formula is C16H18O3. The quantitative estimate of drug-likeness (QED) is 0.911. The second-order valence-electron chi connectivity index (χ2n) is 5.32. The van der Waals surface area contributed by atoms with Gasteiger partial charge in [-0.15, -0.1) is 0 Å². The first kappa shape index (κ1) is 13.4. The zero-order valence-corrected chi connectivity index (χ0v) is 11.4. The molecule has 0 bridgehead atoms. The second kappa shape index (κ2) is 4.92. The van der Waals surface area contributed by atoms with Crippen LogP contribution in [0.2, 0.25) is 0 Å². The monoisotopic (exact) mass is 258 g/mol. The standard InChI is InChI=1S/C16H18O3/c1-16(2,10-15(17)18)13-8-9-14(19-3)12-7-5-4-6-11(12)13/h4-9H,10H2,1-3H3,(H,17,18). The summed E-state index contributed by atoms with van der Waals surface area (Å²) in [6.45, 7) is 3.91. The van der Waals surface area contributed by atoms with Crippen LogP contribution in [0.4, 0.5) is 0 Å². The Morgan fingerprint density at radius 3 is 2.37 bits per heavy atom. The molecule has 0 amide bonds. The molecule has 0 aliphatic rings. The molecule has 0 spiro atoms. The van der Waals surface area contributed by atoms with Crippen LogP contribution in [0.3, 0.4) is 0 Å². The van der Waals surface area contributed by atoms with Gasteiger partial charge in [0.25, 0.3) is 0 Å². The fraction of sp³-hybridized carbons (Fsp3) is 0.312. The van der Waals surface area contributed by atoms with Crippen LogP contribution in [0.5, 0.6) is 5.75 Å². The number of rotatable bonds is 4. The minimum absolute atomic E-state index is 0.101. The summed E-state index contributed by atoms with van der Waals surface area (Å²) in [5.74, 6) is 0.0235. The number of aliphatic carboxylic acids is 1. The highest BCUT2D eigenvalue weighted by Gasteiger charge is 2.26. The lowest BCUT2D eigenvalue weighted by Gasteiger charge is -2.25. The summed E-state index contributed by atoms with van der Waals surface area (Å²) >= 11 is 0. The fourth-order valence-corrected chi connectivity index (χ4v) is 2.51. The Morgan fingerprint density at radius 1 is 1.16 bits per heavy atom. The van der Waals surface area contributed by atoms with Crippen LogP contribution in [0.1, 0.15) is 25.8 Å². The molecule has 0 unspecified atom stereocenters. The summed E-state index contributed by atoms with van der Waals surface area (Å²) in [6.07, 6.45) is 0.101. The van der Waals surface area contributed by atoms with Gasteiger partial charge in [0.1, 0.15) is 5.75 Å². The van der Waals surface area contributed by atoms with Crippen molar-refractivity contribution in [1.82, 2.24) is 0 Å². The van der Waals surface area contributed by atoms with E-state index >= 15 is 0 Å². The number of benzene rings is 2. The molecule has 0 atom stereocenters. The first-order chi connectivity index (χ1) is 8.95. The van der Waals surface area contributed by atoms with Gasteiger partial charge in [-0.2, -0.15) is 0 Å². The van der Waals surface area contributed by atoms with E-state index in [1.165, 1.54) is 0 Å². The topological polar surface area (TPSA) is 46.5 Å². The third-order valence-corrected chi connectivity index (χ3v) is 3.43. The fourth-order valence-electron chi connectivity index (χ4n) is 2.51. The second-order valence-corrected chi connectivity index (χ2v) is 5.32. The third kappa shape index (κ3) is 2.55. The Kier molecular flexibility index (Phi) is 3.47. The van der Waals surface area contributed by atoms with Crippen LogP contribution >= 0.6 is 0 Å². The molecule has 0 aromatic heterocycles. The van der Waals surface area contributed by atoms with Gasteiger partial charge in [0.15, 0.2) is 0 Å². The molecule has 0 saturated heterocycles.